The minimum atomic E-state index is -3.66. The summed E-state index contributed by atoms with van der Waals surface area (Å²) in [6, 6.07) is 10.4. The number of hydrogen-bond donors (Lipinski definition) is 0. The van der Waals surface area contributed by atoms with Gasteiger partial charge in [0.25, 0.3) is 0 Å². The standard InChI is InChI=1S/C20H22FNO3S/c1-14-5-6-15(2)18(12-14)20(23)19-4-3-11-22(19)26(24,25)13-16-7-9-17(21)10-8-16/h5-10,12,19H,3-4,11,13H2,1-2H3. The lowest BCUT2D eigenvalue weighted by atomic mass is 9.97. The molecule has 0 N–H and O–H groups in total. The third kappa shape index (κ3) is 3.86. The first-order chi connectivity index (χ1) is 12.3. The smallest absolute Gasteiger partial charge is 0.218 e. The van der Waals surface area contributed by atoms with Gasteiger partial charge in [0.1, 0.15) is 5.82 Å². The van der Waals surface area contributed by atoms with Crippen molar-refractivity contribution in [2.75, 3.05) is 6.54 Å². The van der Waals surface area contributed by atoms with Crippen molar-refractivity contribution in [1.29, 1.82) is 0 Å². The summed E-state index contributed by atoms with van der Waals surface area (Å²) < 4.78 is 40.1. The second-order valence-electron chi connectivity index (χ2n) is 6.83. The average Bonchev–Trinajstić information content (AvgIpc) is 3.09. The highest BCUT2D eigenvalue weighted by Gasteiger charge is 2.39. The fourth-order valence-corrected chi connectivity index (χ4v) is 5.17. The molecule has 2 aromatic rings. The maximum atomic E-state index is 13.0. The maximum Gasteiger partial charge on any atom is 0.218 e. The monoisotopic (exact) mass is 375 g/mol. The number of ketones is 1. The second kappa shape index (κ2) is 7.29. The average molecular weight is 375 g/mol. The lowest BCUT2D eigenvalue weighted by Crippen LogP contribution is -2.41. The molecule has 0 amide bonds. The van der Waals surface area contributed by atoms with E-state index in [1.54, 1.807) is 0 Å². The molecular weight excluding hydrogens is 353 g/mol. The van der Waals surface area contributed by atoms with Crippen molar-refractivity contribution in [1.82, 2.24) is 4.31 Å². The van der Waals surface area contributed by atoms with E-state index in [9.17, 15) is 17.6 Å². The summed E-state index contributed by atoms with van der Waals surface area (Å²) in [4.78, 5) is 13.0. The molecule has 26 heavy (non-hydrogen) atoms. The van der Waals surface area contributed by atoms with Gasteiger partial charge in [0.2, 0.25) is 10.0 Å². The van der Waals surface area contributed by atoms with Crippen molar-refractivity contribution in [2.24, 2.45) is 0 Å². The van der Waals surface area contributed by atoms with Crippen LogP contribution in [0.15, 0.2) is 42.5 Å². The number of Topliss-reactive ketones (excluding diaryl/α,β-unsaturated/α-hetero) is 1. The number of nitrogens with zero attached hydrogens (tertiary/aromatic N) is 1. The number of halogens is 1. The molecule has 1 aliphatic rings. The Labute approximate surface area is 153 Å². The van der Waals surface area contributed by atoms with Gasteiger partial charge in [-0.2, -0.15) is 4.31 Å². The summed E-state index contributed by atoms with van der Waals surface area (Å²) in [7, 11) is -3.66. The van der Waals surface area contributed by atoms with Gasteiger partial charge in [-0.05, 0) is 56.0 Å². The zero-order chi connectivity index (χ0) is 18.9. The van der Waals surface area contributed by atoms with Crippen LogP contribution in [0.1, 0.15) is 39.9 Å². The number of rotatable bonds is 5. The summed E-state index contributed by atoms with van der Waals surface area (Å²) >= 11 is 0. The molecular formula is C20H22FNO3S. The minimum Gasteiger partial charge on any atom is -0.292 e. The van der Waals surface area contributed by atoms with Crippen molar-refractivity contribution in [2.45, 2.75) is 38.5 Å². The van der Waals surface area contributed by atoms with Gasteiger partial charge in [0.05, 0.1) is 11.8 Å². The molecule has 6 heteroatoms. The third-order valence-electron chi connectivity index (χ3n) is 4.78. The summed E-state index contributed by atoms with van der Waals surface area (Å²) in [6.45, 7) is 4.11. The van der Waals surface area contributed by atoms with Gasteiger partial charge in [0.15, 0.2) is 5.78 Å². The number of carbonyl (C=O) groups excluding carboxylic acids is 1. The minimum absolute atomic E-state index is 0.147. The van der Waals surface area contributed by atoms with Crippen LogP contribution in [0.2, 0.25) is 0 Å². The van der Waals surface area contributed by atoms with Gasteiger partial charge in [-0.3, -0.25) is 4.79 Å². The van der Waals surface area contributed by atoms with Crippen LogP contribution in [0.4, 0.5) is 4.39 Å². The summed E-state index contributed by atoms with van der Waals surface area (Å²) in [5, 5.41) is 0. The van der Waals surface area contributed by atoms with Crippen LogP contribution >= 0.6 is 0 Å². The molecule has 2 aromatic carbocycles. The van der Waals surface area contributed by atoms with E-state index in [2.05, 4.69) is 0 Å². The van der Waals surface area contributed by atoms with Crippen LogP contribution in [-0.4, -0.2) is 31.1 Å². The highest BCUT2D eigenvalue weighted by atomic mass is 32.2. The predicted molar refractivity (Wildman–Crippen MR) is 99.0 cm³/mol. The number of aryl methyl sites for hydroxylation is 2. The van der Waals surface area contributed by atoms with E-state index >= 15 is 0 Å². The fourth-order valence-electron chi connectivity index (χ4n) is 3.39. The quantitative estimate of drug-likeness (QED) is 0.750. The van der Waals surface area contributed by atoms with Gasteiger partial charge < -0.3 is 0 Å². The summed E-state index contributed by atoms with van der Waals surface area (Å²) in [5.74, 6) is -0.786. The molecule has 1 heterocycles. The van der Waals surface area contributed by atoms with Crippen molar-refractivity contribution in [3.8, 4) is 0 Å². The van der Waals surface area contributed by atoms with Gasteiger partial charge in [-0.25, -0.2) is 12.8 Å². The van der Waals surface area contributed by atoms with Crippen LogP contribution in [0.3, 0.4) is 0 Å². The summed E-state index contributed by atoms with van der Waals surface area (Å²) in [5.41, 5.74) is 2.91. The molecule has 0 saturated carbocycles. The van der Waals surface area contributed by atoms with E-state index in [1.165, 1.54) is 28.6 Å². The van der Waals surface area contributed by atoms with Crippen molar-refractivity contribution in [3.63, 3.8) is 0 Å². The van der Waals surface area contributed by atoms with E-state index in [4.69, 9.17) is 0 Å². The zero-order valence-electron chi connectivity index (χ0n) is 14.9. The maximum absolute atomic E-state index is 13.0. The number of carbonyl (C=O) groups is 1. The van der Waals surface area contributed by atoms with Crippen LogP contribution < -0.4 is 0 Å². The third-order valence-corrected chi connectivity index (χ3v) is 6.63. The van der Waals surface area contributed by atoms with Crippen molar-refractivity contribution in [3.05, 3.63) is 70.5 Å². The Bertz CT molecular complexity index is 923. The topological polar surface area (TPSA) is 54.5 Å². The Kier molecular flexibility index (Phi) is 5.25. The largest absolute Gasteiger partial charge is 0.292 e. The zero-order valence-corrected chi connectivity index (χ0v) is 15.7. The van der Waals surface area contributed by atoms with Gasteiger partial charge >= 0.3 is 0 Å². The van der Waals surface area contributed by atoms with Gasteiger partial charge in [-0.15, -0.1) is 0 Å². The number of benzene rings is 2. The Morgan fingerprint density at radius 3 is 2.54 bits per heavy atom. The fraction of sp³-hybridized carbons (Fsp3) is 0.350. The molecule has 1 atom stereocenters. The van der Waals surface area contributed by atoms with Crippen LogP contribution in [0.5, 0.6) is 0 Å². The molecule has 0 aliphatic carbocycles. The highest BCUT2D eigenvalue weighted by Crippen LogP contribution is 2.27. The second-order valence-corrected chi connectivity index (χ2v) is 8.76. The van der Waals surface area contributed by atoms with Crippen LogP contribution in [0.25, 0.3) is 0 Å². The van der Waals surface area contributed by atoms with Gasteiger partial charge in [-0.1, -0.05) is 29.8 Å². The lowest BCUT2D eigenvalue weighted by Gasteiger charge is -2.24. The van der Waals surface area contributed by atoms with E-state index in [-0.39, 0.29) is 11.5 Å². The predicted octanol–water partition coefficient (Wildman–Crippen LogP) is 3.62. The molecule has 0 spiro atoms. The molecule has 3 rings (SSSR count). The molecule has 1 fully saturated rings. The first-order valence-corrected chi connectivity index (χ1v) is 10.2. The molecule has 0 aromatic heterocycles. The Hall–Kier alpha value is -2.05. The number of sulfonamides is 1. The van der Waals surface area contributed by atoms with E-state index in [1.807, 2.05) is 32.0 Å². The van der Waals surface area contributed by atoms with Crippen molar-refractivity contribution < 1.29 is 17.6 Å². The first-order valence-electron chi connectivity index (χ1n) is 8.63. The van der Waals surface area contributed by atoms with Gasteiger partial charge in [0, 0.05) is 12.1 Å². The van der Waals surface area contributed by atoms with E-state index in [0.717, 1.165) is 11.1 Å². The van der Waals surface area contributed by atoms with Crippen LogP contribution in [-0.2, 0) is 15.8 Å². The lowest BCUT2D eigenvalue weighted by molar-refractivity contribution is 0.0917. The molecule has 1 saturated heterocycles. The van der Waals surface area contributed by atoms with E-state index in [0.29, 0.717) is 30.5 Å². The molecule has 1 unspecified atom stereocenters. The SMILES string of the molecule is Cc1ccc(C)c(C(=O)C2CCCN2S(=O)(=O)Cc2ccc(F)cc2)c1. The van der Waals surface area contributed by atoms with Crippen LogP contribution in [0, 0.1) is 19.7 Å². The normalized spacial score (nSPS) is 18.2. The highest BCUT2D eigenvalue weighted by molar-refractivity contribution is 7.88. The molecule has 4 nitrogen and oxygen atoms in total. The molecule has 138 valence electrons. The first kappa shape index (κ1) is 18.7. The Morgan fingerprint density at radius 2 is 1.85 bits per heavy atom. The van der Waals surface area contributed by atoms with Crippen molar-refractivity contribution >= 4 is 15.8 Å². The Morgan fingerprint density at radius 1 is 1.15 bits per heavy atom. The molecule has 0 radical (unpaired) electrons. The molecule has 0 bridgehead atoms. The molecule has 1 aliphatic heterocycles. The van der Waals surface area contributed by atoms with E-state index < -0.39 is 21.9 Å². The number of hydrogen-bond acceptors (Lipinski definition) is 3. The summed E-state index contributed by atoms with van der Waals surface area (Å²) in [6.07, 6.45) is 1.18. The Balaban J connectivity index is 1.86.